The number of thiophene rings is 1. The Balaban J connectivity index is 1.05. The summed E-state index contributed by atoms with van der Waals surface area (Å²) >= 11 is 1.85. The molecule has 0 saturated carbocycles. The lowest BCUT2D eigenvalue weighted by atomic mass is 9.93. The van der Waals surface area contributed by atoms with Crippen molar-refractivity contribution in [3.63, 3.8) is 0 Å². The molecule has 0 aliphatic rings. The van der Waals surface area contributed by atoms with Crippen LogP contribution in [0, 0.1) is 0 Å². The molecule has 8 aromatic carbocycles. The predicted molar refractivity (Wildman–Crippen MR) is 249 cm³/mol. The van der Waals surface area contributed by atoms with Gasteiger partial charge in [-0.1, -0.05) is 146 Å². The molecule has 2 heterocycles. The number of hydrogen-bond donors (Lipinski definition) is 0. The van der Waals surface area contributed by atoms with Crippen LogP contribution in [0.2, 0.25) is 0 Å². The number of hydrogen-bond acceptors (Lipinski definition) is 3. The standard InChI is InChI=1S/C55H41NOS/c1-35(38-15-6-4-7-16-38)36(2)55(56-37(3)46-24-14-26-51-54(46)48-23-10-11-25-50(48)57-51)45-28-30-52-49(33-45)47-29-27-44(34-53(47)58-52)43-22-13-21-42(32-43)41-20-12-19-40(31-41)39-17-8-5-9-18-39/h4-34,37H,1-3H3/b36-35+,56-55?. The average Bonchev–Trinajstić information content (AvgIpc) is 3.86. The van der Waals surface area contributed by atoms with Crippen LogP contribution >= 0.6 is 11.3 Å². The zero-order valence-electron chi connectivity index (χ0n) is 32.7. The summed E-state index contributed by atoms with van der Waals surface area (Å²) in [6, 6.07) is 67.3. The van der Waals surface area contributed by atoms with E-state index in [2.05, 4.69) is 197 Å². The van der Waals surface area contributed by atoms with E-state index in [1.165, 1.54) is 64.7 Å². The highest BCUT2D eigenvalue weighted by molar-refractivity contribution is 7.25. The number of allylic oxidation sites excluding steroid dienone is 2. The van der Waals surface area contributed by atoms with E-state index in [4.69, 9.17) is 9.41 Å². The van der Waals surface area contributed by atoms with E-state index in [1.807, 2.05) is 23.5 Å². The first kappa shape index (κ1) is 35.6. The van der Waals surface area contributed by atoms with Crippen LogP contribution in [-0.2, 0) is 0 Å². The quantitative estimate of drug-likeness (QED) is 0.142. The number of para-hydroxylation sites is 1. The van der Waals surface area contributed by atoms with Gasteiger partial charge in [0.15, 0.2) is 0 Å². The van der Waals surface area contributed by atoms with Crippen molar-refractivity contribution in [3.8, 4) is 33.4 Å². The van der Waals surface area contributed by atoms with Crippen LogP contribution in [0.3, 0.4) is 0 Å². The summed E-state index contributed by atoms with van der Waals surface area (Å²) in [5.74, 6) is 0. The van der Waals surface area contributed by atoms with Gasteiger partial charge in [-0.2, -0.15) is 0 Å². The van der Waals surface area contributed by atoms with Crippen molar-refractivity contribution in [1.29, 1.82) is 0 Å². The molecule has 1 unspecified atom stereocenters. The molecule has 2 nitrogen and oxygen atoms in total. The van der Waals surface area contributed by atoms with Gasteiger partial charge >= 0.3 is 0 Å². The predicted octanol–water partition coefficient (Wildman–Crippen LogP) is 16.0. The molecule has 58 heavy (non-hydrogen) atoms. The smallest absolute Gasteiger partial charge is 0.135 e. The fourth-order valence-corrected chi connectivity index (χ4v) is 9.50. The molecule has 0 saturated heterocycles. The second kappa shape index (κ2) is 14.9. The van der Waals surface area contributed by atoms with E-state index < -0.39 is 0 Å². The molecule has 0 radical (unpaired) electrons. The van der Waals surface area contributed by atoms with E-state index in [-0.39, 0.29) is 6.04 Å². The summed E-state index contributed by atoms with van der Waals surface area (Å²) in [5.41, 5.74) is 16.0. The second-order valence-electron chi connectivity index (χ2n) is 15.1. The van der Waals surface area contributed by atoms with Gasteiger partial charge in [0.05, 0.1) is 11.8 Å². The van der Waals surface area contributed by atoms with Crippen LogP contribution in [-0.4, -0.2) is 5.71 Å². The molecule has 3 heteroatoms. The highest BCUT2D eigenvalue weighted by atomic mass is 32.1. The highest BCUT2D eigenvalue weighted by Gasteiger charge is 2.19. The van der Waals surface area contributed by atoms with E-state index in [0.717, 1.165) is 44.4 Å². The fraction of sp³-hybridized carbons (Fsp3) is 0.0727. The van der Waals surface area contributed by atoms with Crippen LogP contribution in [0.1, 0.15) is 43.5 Å². The number of aliphatic imine (C=N–C) groups is 1. The molecule has 0 N–H and O–H groups in total. The van der Waals surface area contributed by atoms with E-state index in [1.54, 1.807) is 0 Å². The Bertz CT molecular complexity index is 3200. The molecule has 2 aromatic heterocycles. The average molecular weight is 764 g/mol. The van der Waals surface area contributed by atoms with Crippen LogP contribution < -0.4 is 0 Å². The van der Waals surface area contributed by atoms with Crippen molar-refractivity contribution in [2.24, 2.45) is 4.99 Å². The van der Waals surface area contributed by atoms with Crippen LogP contribution in [0.4, 0.5) is 0 Å². The van der Waals surface area contributed by atoms with Gasteiger partial charge in [-0.05, 0) is 119 Å². The Hall–Kier alpha value is -6.81. The minimum atomic E-state index is -0.118. The molecule has 10 aromatic rings. The van der Waals surface area contributed by atoms with Crippen LogP contribution in [0.25, 0.3) is 81.1 Å². The topological polar surface area (TPSA) is 25.5 Å². The fourth-order valence-electron chi connectivity index (χ4n) is 8.37. The van der Waals surface area contributed by atoms with Crippen LogP contribution in [0.5, 0.6) is 0 Å². The van der Waals surface area contributed by atoms with Gasteiger partial charge in [-0.15, -0.1) is 11.3 Å². The third kappa shape index (κ3) is 6.54. The Morgan fingerprint density at radius 2 is 1.07 bits per heavy atom. The first-order valence-electron chi connectivity index (χ1n) is 19.9. The number of benzene rings is 8. The molecule has 278 valence electrons. The molecule has 0 fully saturated rings. The van der Waals surface area contributed by atoms with Gasteiger partial charge in [0, 0.05) is 36.5 Å². The molecular formula is C55H41NOS. The Kier molecular flexibility index (Phi) is 9.16. The lowest BCUT2D eigenvalue weighted by Crippen LogP contribution is -2.07. The maximum atomic E-state index is 6.28. The zero-order chi connectivity index (χ0) is 39.2. The highest BCUT2D eigenvalue weighted by Crippen LogP contribution is 2.40. The van der Waals surface area contributed by atoms with Crippen molar-refractivity contribution >= 4 is 64.7 Å². The molecule has 0 bridgehead atoms. The molecule has 0 aliphatic carbocycles. The SMILES string of the molecule is C/C(C(=NC(C)c1cccc2oc3ccccc3c12)c1ccc2sc3cc(-c4cccc(-c5cccc(-c6ccccc6)c5)c4)ccc3c2c1)=C(/C)c1ccccc1. The molecule has 10 rings (SSSR count). The number of nitrogens with zero attached hydrogens (tertiary/aromatic N) is 1. The van der Waals surface area contributed by atoms with Gasteiger partial charge < -0.3 is 4.42 Å². The van der Waals surface area contributed by atoms with Crippen molar-refractivity contribution in [3.05, 3.63) is 210 Å². The van der Waals surface area contributed by atoms with Gasteiger partial charge in [0.2, 0.25) is 0 Å². The Morgan fingerprint density at radius 3 is 1.81 bits per heavy atom. The number of furan rings is 1. The summed E-state index contributed by atoms with van der Waals surface area (Å²) in [7, 11) is 0. The minimum Gasteiger partial charge on any atom is -0.456 e. The molecule has 0 aliphatic heterocycles. The third-order valence-corrected chi connectivity index (χ3v) is 12.7. The lowest BCUT2D eigenvalue weighted by molar-refractivity contribution is 0.668. The van der Waals surface area contributed by atoms with Crippen molar-refractivity contribution in [2.75, 3.05) is 0 Å². The van der Waals surface area contributed by atoms with Gasteiger partial charge in [0.1, 0.15) is 11.2 Å². The lowest BCUT2D eigenvalue weighted by Gasteiger charge is -2.16. The number of rotatable bonds is 8. The number of fused-ring (bicyclic) bond motifs is 6. The van der Waals surface area contributed by atoms with Gasteiger partial charge in [-0.3, -0.25) is 4.99 Å². The maximum Gasteiger partial charge on any atom is 0.135 e. The molecular weight excluding hydrogens is 723 g/mol. The van der Waals surface area contributed by atoms with Crippen molar-refractivity contribution in [1.82, 2.24) is 0 Å². The van der Waals surface area contributed by atoms with E-state index >= 15 is 0 Å². The second-order valence-corrected chi connectivity index (χ2v) is 16.2. The summed E-state index contributed by atoms with van der Waals surface area (Å²) in [6.45, 7) is 6.64. The van der Waals surface area contributed by atoms with Crippen molar-refractivity contribution in [2.45, 2.75) is 26.8 Å². The summed E-state index contributed by atoms with van der Waals surface area (Å²) < 4.78 is 8.83. The Labute approximate surface area is 343 Å². The van der Waals surface area contributed by atoms with Gasteiger partial charge in [0.25, 0.3) is 0 Å². The van der Waals surface area contributed by atoms with E-state index in [0.29, 0.717) is 0 Å². The maximum absolute atomic E-state index is 6.28. The van der Waals surface area contributed by atoms with Crippen LogP contribution in [0.15, 0.2) is 203 Å². The summed E-state index contributed by atoms with van der Waals surface area (Å²) in [6.07, 6.45) is 0. The first-order valence-corrected chi connectivity index (χ1v) is 20.7. The summed E-state index contributed by atoms with van der Waals surface area (Å²) in [4.78, 5) is 5.60. The molecule has 1 atom stereocenters. The Morgan fingerprint density at radius 1 is 0.466 bits per heavy atom. The monoisotopic (exact) mass is 763 g/mol. The molecule has 0 spiro atoms. The summed E-state index contributed by atoms with van der Waals surface area (Å²) in [5, 5.41) is 4.78. The minimum absolute atomic E-state index is 0.118. The normalized spacial score (nSPS) is 13.1. The molecule has 0 amide bonds. The first-order chi connectivity index (χ1) is 28.5. The largest absolute Gasteiger partial charge is 0.456 e. The third-order valence-electron chi connectivity index (χ3n) is 11.6. The van der Waals surface area contributed by atoms with Gasteiger partial charge in [-0.25, -0.2) is 0 Å². The van der Waals surface area contributed by atoms with E-state index in [9.17, 15) is 0 Å². The zero-order valence-corrected chi connectivity index (χ0v) is 33.6. The van der Waals surface area contributed by atoms with Crippen molar-refractivity contribution < 1.29 is 4.42 Å².